The van der Waals surface area contributed by atoms with Gasteiger partial charge in [-0.1, -0.05) is 17.7 Å². The lowest BCUT2D eigenvalue weighted by Crippen LogP contribution is -2.32. The summed E-state index contributed by atoms with van der Waals surface area (Å²) in [7, 11) is 1.73. The van der Waals surface area contributed by atoms with E-state index >= 15 is 0 Å². The summed E-state index contributed by atoms with van der Waals surface area (Å²) in [4.78, 5) is 0. The van der Waals surface area contributed by atoms with Crippen LogP contribution in [0.25, 0.3) is 0 Å². The Bertz CT molecular complexity index is 298. The summed E-state index contributed by atoms with van der Waals surface area (Å²) in [5.41, 5.74) is 1.25. The van der Waals surface area contributed by atoms with E-state index in [9.17, 15) is 0 Å². The van der Waals surface area contributed by atoms with Crippen molar-refractivity contribution in [1.29, 1.82) is 0 Å². The van der Waals surface area contributed by atoms with E-state index in [1.807, 2.05) is 12.1 Å². The summed E-state index contributed by atoms with van der Waals surface area (Å²) in [5, 5.41) is 3.39. The number of methoxy groups -OCH3 is 1. The fourth-order valence-corrected chi connectivity index (χ4v) is 1.48. The molecule has 0 spiro atoms. The van der Waals surface area contributed by atoms with Crippen LogP contribution in [0.3, 0.4) is 0 Å². The molecule has 3 heteroatoms. The number of nitrogens with one attached hydrogen (secondary N) is 1. The van der Waals surface area contributed by atoms with Crippen LogP contribution in [0, 0.1) is 6.92 Å². The number of hydrogen-bond donors (Lipinski definition) is 1. The van der Waals surface area contributed by atoms with Crippen LogP contribution in [-0.2, 0) is 4.74 Å². The van der Waals surface area contributed by atoms with Gasteiger partial charge in [-0.25, -0.2) is 0 Å². The Labute approximate surface area is 104 Å². The Hall–Kier alpha value is -1.06. The fraction of sp³-hybridized carbons (Fsp3) is 0.571. The third kappa shape index (κ3) is 6.29. The molecule has 0 aliphatic rings. The summed E-state index contributed by atoms with van der Waals surface area (Å²) in [5.74, 6) is 0.932. The predicted octanol–water partition coefficient (Wildman–Crippen LogP) is 2.39. The van der Waals surface area contributed by atoms with E-state index < -0.39 is 0 Å². The second-order valence-electron chi connectivity index (χ2n) is 4.33. The molecule has 0 fully saturated rings. The molecule has 0 aromatic heterocycles. The number of hydrogen-bond acceptors (Lipinski definition) is 3. The summed E-state index contributed by atoms with van der Waals surface area (Å²) < 4.78 is 10.7. The minimum Gasteiger partial charge on any atom is -0.492 e. The molecule has 0 saturated carbocycles. The first kappa shape index (κ1) is 14.0. The lowest BCUT2D eigenvalue weighted by atomic mass is 10.2. The molecule has 96 valence electrons. The van der Waals surface area contributed by atoms with Gasteiger partial charge in [0.15, 0.2) is 0 Å². The fourth-order valence-electron chi connectivity index (χ4n) is 1.48. The van der Waals surface area contributed by atoms with Gasteiger partial charge in [0, 0.05) is 19.8 Å². The number of ether oxygens (including phenoxy) is 2. The first-order valence-corrected chi connectivity index (χ1v) is 6.14. The van der Waals surface area contributed by atoms with Gasteiger partial charge in [-0.15, -0.1) is 0 Å². The van der Waals surface area contributed by atoms with Gasteiger partial charge in [-0.3, -0.25) is 0 Å². The van der Waals surface area contributed by atoms with E-state index in [1.165, 1.54) is 5.56 Å². The zero-order valence-electron chi connectivity index (χ0n) is 11.0. The van der Waals surface area contributed by atoms with Gasteiger partial charge in [-0.05, 0) is 38.9 Å². The molecule has 0 radical (unpaired) electrons. The monoisotopic (exact) mass is 237 g/mol. The lowest BCUT2D eigenvalue weighted by molar-refractivity contribution is 0.191. The molecule has 1 aromatic rings. The first-order valence-electron chi connectivity index (χ1n) is 6.14. The molecule has 1 aromatic carbocycles. The maximum Gasteiger partial charge on any atom is 0.119 e. The highest BCUT2D eigenvalue weighted by molar-refractivity contribution is 5.26. The summed E-state index contributed by atoms with van der Waals surface area (Å²) in [6, 6.07) is 8.49. The van der Waals surface area contributed by atoms with Gasteiger partial charge in [0.1, 0.15) is 12.4 Å². The Morgan fingerprint density at radius 2 is 1.94 bits per heavy atom. The van der Waals surface area contributed by atoms with Gasteiger partial charge in [0.2, 0.25) is 0 Å². The topological polar surface area (TPSA) is 30.5 Å². The highest BCUT2D eigenvalue weighted by atomic mass is 16.5. The van der Waals surface area contributed by atoms with Crippen molar-refractivity contribution in [2.75, 3.05) is 26.9 Å². The quantitative estimate of drug-likeness (QED) is 0.704. The van der Waals surface area contributed by atoms with E-state index in [2.05, 4.69) is 31.3 Å². The molecule has 0 heterocycles. The molecule has 3 nitrogen and oxygen atoms in total. The van der Waals surface area contributed by atoms with Gasteiger partial charge >= 0.3 is 0 Å². The molecule has 1 unspecified atom stereocenters. The van der Waals surface area contributed by atoms with Crippen molar-refractivity contribution in [3.63, 3.8) is 0 Å². The molecule has 0 aliphatic heterocycles. The van der Waals surface area contributed by atoms with Crippen molar-refractivity contribution in [3.8, 4) is 5.75 Å². The molecule has 0 aliphatic carbocycles. The smallest absolute Gasteiger partial charge is 0.119 e. The Morgan fingerprint density at radius 3 is 2.59 bits per heavy atom. The van der Waals surface area contributed by atoms with E-state index in [0.717, 1.165) is 25.3 Å². The number of aryl methyl sites for hydroxylation is 1. The van der Waals surface area contributed by atoms with Crippen molar-refractivity contribution in [1.82, 2.24) is 5.32 Å². The average Bonchev–Trinajstić information content (AvgIpc) is 2.34. The van der Waals surface area contributed by atoms with Crippen molar-refractivity contribution in [2.24, 2.45) is 0 Å². The van der Waals surface area contributed by atoms with Crippen molar-refractivity contribution < 1.29 is 9.47 Å². The van der Waals surface area contributed by atoms with Crippen LogP contribution in [0.2, 0.25) is 0 Å². The summed E-state index contributed by atoms with van der Waals surface area (Å²) in [6.45, 7) is 6.66. The van der Waals surface area contributed by atoms with Crippen LogP contribution >= 0.6 is 0 Å². The van der Waals surface area contributed by atoms with Crippen LogP contribution in [0.4, 0.5) is 0 Å². The molecule has 0 amide bonds. The lowest BCUT2D eigenvalue weighted by Gasteiger charge is -2.14. The highest BCUT2D eigenvalue weighted by Gasteiger charge is 2.01. The van der Waals surface area contributed by atoms with Gasteiger partial charge in [0.05, 0.1) is 0 Å². The second-order valence-corrected chi connectivity index (χ2v) is 4.33. The average molecular weight is 237 g/mol. The Kier molecular flexibility index (Phi) is 6.67. The van der Waals surface area contributed by atoms with Gasteiger partial charge in [0.25, 0.3) is 0 Å². The Morgan fingerprint density at radius 1 is 1.24 bits per heavy atom. The number of benzene rings is 1. The van der Waals surface area contributed by atoms with E-state index in [1.54, 1.807) is 7.11 Å². The normalized spacial score (nSPS) is 12.4. The largest absolute Gasteiger partial charge is 0.492 e. The third-order valence-electron chi connectivity index (χ3n) is 2.54. The van der Waals surface area contributed by atoms with Gasteiger partial charge in [-0.2, -0.15) is 0 Å². The highest BCUT2D eigenvalue weighted by Crippen LogP contribution is 2.11. The summed E-state index contributed by atoms with van der Waals surface area (Å²) in [6.07, 6.45) is 1.03. The zero-order chi connectivity index (χ0) is 12.5. The van der Waals surface area contributed by atoms with Crippen molar-refractivity contribution in [2.45, 2.75) is 26.3 Å². The molecule has 0 bridgehead atoms. The van der Waals surface area contributed by atoms with E-state index in [0.29, 0.717) is 12.6 Å². The minimum absolute atomic E-state index is 0.355. The Balaban J connectivity index is 2.14. The first-order chi connectivity index (χ1) is 8.22. The van der Waals surface area contributed by atoms with Crippen LogP contribution in [-0.4, -0.2) is 32.9 Å². The summed E-state index contributed by atoms with van der Waals surface area (Å²) >= 11 is 0. The third-order valence-corrected chi connectivity index (χ3v) is 2.54. The second kappa shape index (κ2) is 8.09. The molecule has 17 heavy (non-hydrogen) atoms. The van der Waals surface area contributed by atoms with Crippen LogP contribution in [0.5, 0.6) is 5.75 Å². The molecule has 1 rings (SSSR count). The van der Waals surface area contributed by atoms with Gasteiger partial charge < -0.3 is 14.8 Å². The minimum atomic E-state index is 0.355. The maximum absolute atomic E-state index is 5.69. The molecular formula is C14H23NO2. The number of rotatable bonds is 8. The molecule has 1 atom stereocenters. The van der Waals surface area contributed by atoms with Crippen molar-refractivity contribution >= 4 is 0 Å². The maximum atomic E-state index is 5.69. The van der Waals surface area contributed by atoms with Crippen molar-refractivity contribution in [3.05, 3.63) is 29.8 Å². The van der Waals surface area contributed by atoms with Crippen LogP contribution in [0.1, 0.15) is 18.9 Å². The zero-order valence-corrected chi connectivity index (χ0v) is 11.0. The van der Waals surface area contributed by atoms with Crippen LogP contribution < -0.4 is 10.1 Å². The molecule has 1 N–H and O–H groups in total. The van der Waals surface area contributed by atoms with Crippen LogP contribution in [0.15, 0.2) is 24.3 Å². The SMILES string of the molecule is COCCCNC(C)COc1ccc(C)cc1. The van der Waals surface area contributed by atoms with E-state index in [4.69, 9.17) is 9.47 Å². The van der Waals surface area contributed by atoms with E-state index in [-0.39, 0.29) is 0 Å². The standard InChI is InChI=1S/C14H23NO2/c1-12-5-7-14(8-6-12)17-11-13(2)15-9-4-10-16-3/h5-8,13,15H,4,9-11H2,1-3H3. The predicted molar refractivity (Wildman–Crippen MR) is 70.6 cm³/mol. The molecular weight excluding hydrogens is 214 g/mol. The molecule has 0 saturated heterocycles.